The van der Waals surface area contributed by atoms with Gasteiger partial charge in [0, 0.05) is 25.3 Å². The van der Waals surface area contributed by atoms with Crippen LogP contribution in [-0.2, 0) is 11.3 Å². The van der Waals surface area contributed by atoms with E-state index in [0.717, 1.165) is 31.6 Å². The molecule has 0 aliphatic carbocycles. The van der Waals surface area contributed by atoms with E-state index < -0.39 is 5.97 Å². The summed E-state index contributed by atoms with van der Waals surface area (Å²) >= 11 is 0. The summed E-state index contributed by atoms with van der Waals surface area (Å²) in [5.74, 6) is -0.400. The van der Waals surface area contributed by atoms with E-state index in [1.807, 2.05) is 0 Å². The summed E-state index contributed by atoms with van der Waals surface area (Å²) in [4.78, 5) is 10.7. The minimum Gasteiger partial charge on any atom is -0.475 e. The minimum absolute atomic E-state index is 0.0107. The highest BCUT2D eigenvalue weighted by Gasteiger charge is 2.12. The Morgan fingerprint density at radius 2 is 2.28 bits per heavy atom. The van der Waals surface area contributed by atoms with Crippen molar-refractivity contribution in [1.29, 1.82) is 0 Å². The molecule has 5 nitrogen and oxygen atoms in total. The lowest BCUT2D eigenvalue weighted by atomic mass is 10.2. The lowest BCUT2D eigenvalue weighted by molar-refractivity contribution is 0.0661. The van der Waals surface area contributed by atoms with Crippen LogP contribution in [0.25, 0.3) is 0 Å². The highest BCUT2D eigenvalue weighted by atomic mass is 16.5. The number of carboxylic acid groups (broad SMARTS) is 1. The molecule has 5 heteroatoms. The number of carboxylic acids is 1. The molecule has 0 aliphatic heterocycles. The third-order valence-corrected chi connectivity index (χ3v) is 2.61. The van der Waals surface area contributed by atoms with E-state index >= 15 is 0 Å². The Morgan fingerprint density at radius 1 is 1.50 bits per heavy atom. The monoisotopic (exact) mass is 255 g/mol. The number of hydrogen-bond acceptors (Lipinski definition) is 4. The number of unbranched alkanes of at least 4 members (excludes halogenated alkanes) is 1. The Kier molecular flexibility index (Phi) is 6.46. The van der Waals surface area contributed by atoms with Crippen molar-refractivity contribution in [2.45, 2.75) is 33.2 Å². The Labute approximate surface area is 107 Å². The number of aryl methyl sites for hydroxylation is 1. The second kappa shape index (κ2) is 7.89. The van der Waals surface area contributed by atoms with Crippen LogP contribution < -0.4 is 5.32 Å². The first-order valence-electron chi connectivity index (χ1n) is 6.26. The average Bonchev–Trinajstić information content (AvgIpc) is 2.70. The molecule has 1 aromatic heterocycles. The molecule has 0 saturated heterocycles. The molecule has 0 fully saturated rings. The van der Waals surface area contributed by atoms with E-state index in [0.29, 0.717) is 18.9 Å². The van der Waals surface area contributed by atoms with Crippen molar-refractivity contribution in [2.75, 3.05) is 19.8 Å². The number of furan rings is 1. The maximum absolute atomic E-state index is 10.7. The lowest BCUT2D eigenvalue weighted by Gasteiger charge is -2.04. The van der Waals surface area contributed by atoms with Crippen molar-refractivity contribution in [1.82, 2.24) is 5.32 Å². The quantitative estimate of drug-likeness (QED) is 0.662. The number of aromatic carboxylic acids is 1. The largest absolute Gasteiger partial charge is 0.475 e. The van der Waals surface area contributed by atoms with E-state index in [4.69, 9.17) is 14.3 Å². The van der Waals surface area contributed by atoms with Gasteiger partial charge in [0.2, 0.25) is 5.76 Å². The second-order valence-corrected chi connectivity index (χ2v) is 4.14. The van der Waals surface area contributed by atoms with Crippen molar-refractivity contribution < 1.29 is 19.1 Å². The Hall–Kier alpha value is -1.33. The van der Waals surface area contributed by atoms with Gasteiger partial charge in [0.15, 0.2) is 0 Å². The first kappa shape index (κ1) is 14.7. The molecule has 0 unspecified atom stereocenters. The summed E-state index contributed by atoms with van der Waals surface area (Å²) in [6, 6.07) is 1.56. The van der Waals surface area contributed by atoms with E-state index in [-0.39, 0.29) is 5.76 Å². The molecule has 102 valence electrons. The molecule has 1 heterocycles. The van der Waals surface area contributed by atoms with Crippen LogP contribution in [0.4, 0.5) is 0 Å². The summed E-state index contributed by atoms with van der Waals surface area (Å²) in [6.45, 7) is 6.70. The Balaban J connectivity index is 2.21. The molecule has 18 heavy (non-hydrogen) atoms. The maximum Gasteiger partial charge on any atom is 0.371 e. The zero-order valence-electron chi connectivity index (χ0n) is 11.0. The standard InChI is InChI=1S/C13H21NO4/c1-3-4-6-17-7-5-14-9-11-8-12(13(15)16)18-10(11)2/h8,14H,3-7,9H2,1-2H3,(H,15,16). The zero-order chi connectivity index (χ0) is 13.4. The van der Waals surface area contributed by atoms with Crippen LogP contribution >= 0.6 is 0 Å². The topological polar surface area (TPSA) is 71.7 Å². The van der Waals surface area contributed by atoms with Gasteiger partial charge in [-0.15, -0.1) is 0 Å². The molecule has 0 spiro atoms. The number of hydrogen-bond donors (Lipinski definition) is 2. The third-order valence-electron chi connectivity index (χ3n) is 2.61. The molecular weight excluding hydrogens is 234 g/mol. The van der Waals surface area contributed by atoms with Gasteiger partial charge in [-0.1, -0.05) is 13.3 Å². The van der Waals surface area contributed by atoms with Crippen LogP contribution in [0.15, 0.2) is 10.5 Å². The molecule has 0 saturated carbocycles. The predicted octanol–water partition coefficient (Wildman–Crippen LogP) is 2.19. The fourth-order valence-corrected chi connectivity index (χ4v) is 1.52. The van der Waals surface area contributed by atoms with Crippen LogP contribution in [0.2, 0.25) is 0 Å². The summed E-state index contributed by atoms with van der Waals surface area (Å²) in [7, 11) is 0. The first-order valence-corrected chi connectivity index (χ1v) is 6.26. The first-order chi connectivity index (χ1) is 8.65. The molecule has 0 aromatic carbocycles. The Morgan fingerprint density at radius 3 is 2.89 bits per heavy atom. The van der Waals surface area contributed by atoms with E-state index in [1.54, 1.807) is 13.0 Å². The fourth-order valence-electron chi connectivity index (χ4n) is 1.52. The summed E-state index contributed by atoms with van der Waals surface area (Å²) in [6.07, 6.45) is 2.22. The van der Waals surface area contributed by atoms with Gasteiger partial charge in [-0.2, -0.15) is 0 Å². The molecule has 0 atom stereocenters. The third kappa shape index (κ3) is 4.89. The van der Waals surface area contributed by atoms with Crippen molar-refractivity contribution in [3.63, 3.8) is 0 Å². The molecule has 2 N–H and O–H groups in total. The molecular formula is C13H21NO4. The number of carbonyl (C=O) groups is 1. The zero-order valence-corrected chi connectivity index (χ0v) is 11.0. The van der Waals surface area contributed by atoms with Crippen LogP contribution in [0.5, 0.6) is 0 Å². The van der Waals surface area contributed by atoms with Crippen molar-refractivity contribution in [2.24, 2.45) is 0 Å². The predicted molar refractivity (Wildman–Crippen MR) is 67.8 cm³/mol. The van der Waals surface area contributed by atoms with E-state index in [1.165, 1.54) is 0 Å². The van der Waals surface area contributed by atoms with Crippen LogP contribution in [0.1, 0.15) is 41.6 Å². The second-order valence-electron chi connectivity index (χ2n) is 4.14. The number of nitrogens with one attached hydrogen (secondary N) is 1. The highest BCUT2D eigenvalue weighted by molar-refractivity contribution is 5.84. The Bertz CT molecular complexity index is 373. The number of rotatable bonds is 9. The van der Waals surface area contributed by atoms with Crippen LogP contribution in [-0.4, -0.2) is 30.8 Å². The normalized spacial score (nSPS) is 10.8. The highest BCUT2D eigenvalue weighted by Crippen LogP contribution is 2.14. The SMILES string of the molecule is CCCCOCCNCc1cc(C(=O)O)oc1C. The maximum atomic E-state index is 10.7. The molecule has 1 aromatic rings. The minimum atomic E-state index is -1.03. The van der Waals surface area contributed by atoms with Crippen molar-refractivity contribution in [3.05, 3.63) is 23.2 Å². The smallest absolute Gasteiger partial charge is 0.371 e. The molecule has 1 rings (SSSR count). The van der Waals surface area contributed by atoms with Gasteiger partial charge < -0.3 is 19.6 Å². The van der Waals surface area contributed by atoms with E-state index in [9.17, 15) is 4.79 Å². The fraction of sp³-hybridized carbons (Fsp3) is 0.615. The summed E-state index contributed by atoms with van der Waals surface area (Å²) in [5.41, 5.74) is 0.876. The van der Waals surface area contributed by atoms with E-state index in [2.05, 4.69) is 12.2 Å². The van der Waals surface area contributed by atoms with Gasteiger partial charge in [-0.3, -0.25) is 0 Å². The lowest BCUT2D eigenvalue weighted by Crippen LogP contribution is -2.19. The number of ether oxygens (including phenoxy) is 1. The van der Waals surface area contributed by atoms with Crippen molar-refractivity contribution >= 4 is 5.97 Å². The molecule has 0 radical (unpaired) electrons. The molecule has 0 bridgehead atoms. The summed E-state index contributed by atoms with van der Waals surface area (Å²) in [5, 5.41) is 12.0. The van der Waals surface area contributed by atoms with Gasteiger partial charge in [-0.05, 0) is 19.4 Å². The molecule has 0 aliphatic rings. The van der Waals surface area contributed by atoms with Gasteiger partial charge in [0.05, 0.1) is 6.61 Å². The summed E-state index contributed by atoms with van der Waals surface area (Å²) < 4.78 is 10.5. The van der Waals surface area contributed by atoms with Gasteiger partial charge in [0.25, 0.3) is 0 Å². The van der Waals surface area contributed by atoms with Gasteiger partial charge >= 0.3 is 5.97 Å². The molecule has 0 amide bonds. The van der Waals surface area contributed by atoms with Gasteiger partial charge in [0.1, 0.15) is 5.76 Å². The van der Waals surface area contributed by atoms with Gasteiger partial charge in [-0.25, -0.2) is 4.79 Å². The van der Waals surface area contributed by atoms with Crippen LogP contribution in [0.3, 0.4) is 0 Å². The van der Waals surface area contributed by atoms with Crippen LogP contribution in [0, 0.1) is 6.92 Å². The van der Waals surface area contributed by atoms with Crippen molar-refractivity contribution in [3.8, 4) is 0 Å². The average molecular weight is 255 g/mol.